The molecule has 1 N–H and O–H groups in total. The quantitative estimate of drug-likeness (QED) is 0.632. The molecular weight excluding hydrogens is 410 g/mol. The Bertz CT molecular complexity index is 1010. The Morgan fingerprint density at radius 3 is 2.62 bits per heavy atom. The summed E-state index contributed by atoms with van der Waals surface area (Å²) >= 11 is 0. The number of halogens is 2. The fourth-order valence-corrected chi connectivity index (χ4v) is 7.83. The van der Waals surface area contributed by atoms with E-state index in [1.54, 1.807) is 11.9 Å². The Morgan fingerprint density at radius 1 is 1.09 bits per heavy atom. The molecule has 6 heteroatoms. The molecule has 4 nitrogen and oxygen atoms in total. The van der Waals surface area contributed by atoms with Crippen molar-refractivity contribution in [3.05, 3.63) is 41.5 Å². The molecule has 172 valence electrons. The fraction of sp³-hybridized carbons (Fsp3) is 0.615. The van der Waals surface area contributed by atoms with Crippen LogP contribution in [0.3, 0.4) is 0 Å². The first-order valence-electron chi connectivity index (χ1n) is 11.9. The highest BCUT2D eigenvalue weighted by Crippen LogP contribution is 2.64. The summed E-state index contributed by atoms with van der Waals surface area (Å²) < 4.78 is 27.3. The van der Waals surface area contributed by atoms with Gasteiger partial charge < -0.3 is 10.2 Å². The van der Waals surface area contributed by atoms with Gasteiger partial charge in [0.15, 0.2) is 0 Å². The number of hydrogen-bond donors (Lipinski definition) is 1. The molecule has 0 spiro atoms. The maximum Gasteiger partial charge on any atom is 0.261 e. The van der Waals surface area contributed by atoms with Crippen molar-refractivity contribution >= 4 is 17.5 Å². The molecule has 5 rings (SSSR count). The van der Waals surface area contributed by atoms with E-state index in [1.807, 2.05) is 6.08 Å². The van der Waals surface area contributed by atoms with Gasteiger partial charge in [-0.3, -0.25) is 9.59 Å². The average molecular weight is 443 g/mol. The zero-order valence-corrected chi connectivity index (χ0v) is 19.1. The minimum atomic E-state index is -0.856. The summed E-state index contributed by atoms with van der Waals surface area (Å²) in [6.45, 7) is 4.67. The predicted octanol–water partition coefficient (Wildman–Crippen LogP) is 5.30. The van der Waals surface area contributed by atoms with Crippen molar-refractivity contribution in [2.24, 2.45) is 28.6 Å². The zero-order chi connectivity index (χ0) is 22.8. The molecule has 1 aromatic carbocycles. The van der Waals surface area contributed by atoms with Gasteiger partial charge >= 0.3 is 0 Å². The molecule has 1 unspecified atom stereocenters. The third-order valence-corrected chi connectivity index (χ3v) is 9.41. The Labute approximate surface area is 188 Å². The monoisotopic (exact) mass is 442 g/mol. The second kappa shape index (κ2) is 7.39. The number of hydrogen-bond acceptors (Lipinski definition) is 2. The maximum atomic E-state index is 14.1. The Hall–Kier alpha value is -2.24. The first kappa shape index (κ1) is 21.6. The molecule has 2 amide bonds. The van der Waals surface area contributed by atoms with Crippen LogP contribution in [0.15, 0.2) is 29.8 Å². The van der Waals surface area contributed by atoms with Crippen molar-refractivity contribution in [3.8, 4) is 0 Å². The molecule has 32 heavy (non-hydrogen) atoms. The molecule has 1 aromatic rings. The maximum absolute atomic E-state index is 14.1. The first-order valence-corrected chi connectivity index (χ1v) is 11.9. The van der Waals surface area contributed by atoms with Crippen LogP contribution in [0.1, 0.15) is 58.8 Å². The van der Waals surface area contributed by atoms with Crippen LogP contribution >= 0.6 is 0 Å². The first-order chi connectivity index (χ1) is 15.1. The largest absolute Gasteiger partial charge is 0.338 e. The van der Waals surface area contributed by atoms with E-state index in [-0.39, 0.29) is 28.6 Å². The highest BCUT2D eigenvalue weighted by atomic mass is 19.1. The van der Waals surface area contributed by atoms with Gasteiger partial charge in [0, 0.05) is 24.6 Å². The zero-order valence-electron chi connectivity index (χ0n) is 19.1. The SMILES string of the molecule is CN1C(=O)C(C(=O)Nc2ccc(F)cc2F)=C[C@@]2(C)C1CC[C@@H]1[C@H]2CC[C@]2(C)CCC[C@@H]12. The lowest BCUT2D eigenvalue weighted by molar-refractivity contribution is -0.141. The van der Waals surface area contributed by atoms with Gasteiger partial charge in [-0.1, -0.05) is 26.3 Å². The number of rotatable bonds is 2. The molecule has 0 saturated heterocycles. The molecular formula is C26H32F2N2O2. The van der Waals surface area contributed by atoms with Crippen molar-refractivity contribution in [3.63, 3.8) is 0 Å². The molecule has 0 bridgehead atoms. The van der Waals surface area contributed by atoms with E-state index >= 15 is 0 Å². The van der Waals surface area contributed by atoms with Gasteiger partial charge in [0.1, 0.15) is 17.2 Å². The summed E-state index contributed by atoms with van der Waals surface area (Å²) in [7, 11) is 1.78. The number of nitrogens with one attached hydrogen (secondary N) is 1. The lowest BCUT2D eigenvalue weighted by Crippen LogP contribution is -2.60. The van der Waals surface area contributed by atoms with E-state index in [0.29, 0.717) is 17.3 Å². The van der Waals surface area contributed by atoms with Crippen LogP contribution in [0.2, 0.25) is 0 Å². The summed E-state index contributed by atoms with van der Waals surface area (Å²) in [5.41, 5.74) is 0.0882. The summed E-state index contributed by atoms with van der Waals surface area (Å²) in [6.07, 6.45) is 10.2. The van der Waals surface area contributed by atoms with Crippen molar-refractivity contribution in [2.45, 2.75) is 64.8 Å². The highest BCUT2D eigenvalue weighted by molar-refractivity contribution is 6.23. The Morgan fingerprint density at radius 2 is 1.88 bits per heavy atom. The van der Waals surface area contributed by atoms with Crippen molar-refractivity contribution in [2.75, 3.05) is 12.4 Å². The van der Waals surface area contributed by atoms with E-state index in [0.717, 1.165) is 37.3 Å². The minimum absolute atomic E-state index is 0.0652. The third kappa shape index (κ3) is 3.12. The van der Waals surface area contributed by atoms with Gasteiger partial charge in [0.2, 0.25) is 0 Å². The van der Waals surface area contributed by atoms with E-state index in [1.165, 1.54) is 31.7 Å². The normalized spacial score (nSPS) is 38.5. The van der Waals surface area contributed by atoms with Crippen LogP contribution in [0.25, 0.3) is 0 Å². The molecule has 1 aliphatic heterocycles. The standard InChI is InChI=1S/C26H32F2N2O2/c1-25-11-4-5-18(25)16-7-9-22-26(2,19(16)10-12-25)14-17(24(32)30(22)3)23(31)29-21-8-6-15(27)13-20(21)28/h6,8,13-14,16,18-19,22H,4-5,7,9-12H2,1-3H3,(H,29,31)/t16-,18-,19+,22?,25-,26+/m0/s1. The number of likely N-dealkylation sites (N-methyl/N-ethyl adjacent to an activating group) is 1. The lowest BCUT2D eigenvalue weighted by atomic mass is 9.48. The smallest absolute Gasteiger partial charge is 0.261 e. The predicted molar refractivity (Wildman–Crippen MR) is 119 cm³/mol. The molecule has 3 saturated carbocycles. The van der Waals surface area contributed by atoms with Crippen LogP contribution in [0, 0.1) is 40.2 Å². The average Bonchev–Trinajstić information content (AvgIpc) is 3.14. The van der Waals surface area contributed by atoms with E-state index in [2.05, 4.69) is 19.2 Å². The van der Waals surface area contributed by atoms with Gasteiger partial charge in [0.25, 0.3) is 11.8 Å². The van der Waals surface area contributed by atoms with E-state index in [4.69, 9.17) is 0 Å². The number of carbonyl (C=O) groups is 2. The Balaban J connectivity index is 1.48. The van der Waals surface area contributed by atoms with Crippen molar-refractivity contribution in [1.82, 2.24) is 4.90 Å². The lowest BCUT2D eigenvalue weighted by Gasteiger charge is -2.60. The molecule has 4 aliphatic rings. The number of nitrogens with zero attached hydrogens (tertiary/aromatic N) is 1. The number of benzene rings is 1. The van der Waals surface area contributed by atoms with E-state index < -0.39 is 17.5 Å². The van der Waals surface area contributed by atoms with Crippen LogP contribution in [-0.4, -0.2) is 29.8 Å². The van der Waals surface area contributed by atoms with Gasteiger partial charge in [-0.2, -0.15) is 0 Å². The number of anilines is 1. The summed E-state index contributed by atoms with van der Waals surface area (Å²) in [4.78, 5) is 27.9. The molecule has 0 radical (unpaired) electrons. The second-order valence-electron chi connectivity index (χ2n) is 11.0. The topological polar surface area (TPSA) is 49.4 Å². The number of amides is 2. The van der Waals surface area contributed by atoms with Gasteiger partial charge in [-0.25, -0.2) is 8.78 Å². The second-order valence-corrected chi connectivity index (χ2v) is 11.0. The van der Waals surface area contributed by atoms with Gasteiger partial charge in [-0.15, -0.1) is 0 Å². The van der Waals surface area contributed by atoms with Crippen LogP contribution in [0.5, 0.6) is 0 Å². The van der Waals surface area contributed by atoms with Crippen LogP contribution in [-0.2, 0) is 9.59 Å². The molecule has 0 aromatic heterocycles. The van der Waals surface area contributed by atoms with Crippen molar-refractivity contribution < 1.29 is 18.4 Å². The molecule has 3 fully saturated rings. The van der Waals surface area contributed by atoms with Crippen molar-refractivity contribution in [1.29, 1.82) is 0 Å². The summed E-state index contributed by atoms with van der Waals surface area (Å²) in [6, 6.07) is 3.07. The van der Waals surface area contributed by atoms with Crippen LogP contribution in [0.4, 0.5) is 14.5 Å². The van der Waals surface area contributed by atoms with Crippen LogP contribution < -0.4 is 5.32 Å². The third-order valence-electron chi connectivity index (χ3n) is 9.41. The highest BCUT2D eigenvalue weighted by Gasteiger charge is 2.59. The molecule has 1 heterocycles. The van der Waals surface area contributed by atoms with E-state index in [9.17, 15) is 18.4 Å². The summed E-state index contributed by atoms with van der Waals surface area (Å²) in [5.74, 6) is -0.755. The summed E-state index contributed by atoms with van der Waals surface area (Å²) in [5, 5.41) is 2.49. The number of fused-ring (bicyclic) bond motifs is 5. The van der Waals surface area contributed by atoms with Gasteiger partial charge in [-0.05, 0) is 73.8 Å². The fourth-order valence-electron chi connectivity index (χ4n) is 7.83. The Kier molecular flexibility index (Phi) is 4.99. The molecule has 6 atom stereocenters. The minimum Gasteiger partial charge on any atom is -0.338 e. The number of carbonyl (C=O) groups excluding carboxylic acids is 2. The molecule has 3 aliphatic carbocycles. The van der Waals surface area contributed by atoms with Gasteiger partial charge in [0.05, 0.1) is 5.69 Å².